The molecule has 2 aromatic carbocycles. The van der Waals surface area contributed by atoms with E-state index < -0.39 is 6.36 Å². The fourth-order valence-electron chi connectivity index (χ4n) is 4.29. The van der Waals surface area contributed by atoms with Gasteiger partial charge in [-0.25, -0.2) is 5.01 Å². The van der Waals surface area contributed by atoms with E-state index in [0.29, 0.717) is 23.8 Å². The smallest absolute Gasteiger partial charge is 0.452 e. The molecule has 0 bridgehead atoms. The van der Waals surface area contributed by atoms with Crippen LogP contribution in [0.4, 0.5) is 24.5 Å². The molecule has 2 aliphatic heterocycles. The molecule has 0 spiro atoms. The van der Waals surface area contributed by atoms with Gasteiger partial charge in [-0.05, 0) is 67.8 Å². The first-order chi connectivity index (χ1) is 17.2. The Kier molecular flexibility index (Phi) is 6.48. The third kappa shape index (κ3) is 5.56. The molecule has 1 saturated heterocycles. The van der Waals surface area contributed by atoms with E-state index in [1.54, 1.807) is 5.01 Å². The number of nitrogens with zero attached hydrogens (tertiary/aromatic N) is 5. The molecule has 1 N–H and O–H groups in total. The number of rotatable bonds is 6. The van der Waals surface area contributed by atoms with Gasteiger partial charge < -0.3 is 19.5 Å². The van der Waals surface area contributed by atoms with Crippen LogP contribution in [0.3, 0.4) is 0 Å². The largest absolute Gasteiger partial charge is 0.573 e. The van der Waals surface area contributed by atoms with Crippen LogP contribution in [0.2, 0.25) is 0 Å². The van der Waals surface area contributed by atoms with Crippen LogP contribution < -0.4 is 14.6 Å². The van der Waals surface area contributed by atoms with Gasteiger partial charge in [0.2, 0.25) is 0 Å². The van der Waals surface area contributed by atoms with E-state index in [4.69, 9.17) is 4.74 Å². The van der Waals surface area contributed by atoms with E-state index in [-0.39, 0.29) is 18.6 Å². The third-order valence-corrected chi connectivity index (χ3v) is 6.18. The molecule has 8 nitrogen and oxygen atoms in total. The van der Waals surface area contributed by atoms with E-state index in [2.05, 4.69) is 38.0 Å². The summed E-state index contributed by atoms with van der Waals surface area (Å²) in [7, 11) is 0. The molecule has 0 atom stereocenters. The number of aromatic nitrogens is 2. The number of aliphatic hydroxyl groups is 1. The quantitative estimate of drug-likeness (QED) is 0.544. The average Bonchev–Trinajstić information content (AvgIpc) is 3.47. The Labute approximate surface area is 206 Å². The molecule has 11 heteroatoms. The second-order valence-corrected chi connectivity index (χ2v) is 8.84. The summed E-state index contributed by atoms with van der Waals surface area (Å²) in [6, 6.07) is 15.6. The van der Waals surface area contributed by atoms with Crippen molar-refractivity contribution < 1.29 is 27.8 Å². The van der Waals surface area contributed by atoms with Crippen molar-refractivity contribution in [1.29, 1.82) is 0 Å². The molecule has 3 heterocycles. The Bertz CT molecular complexity index is 1230. The Morgan fingerprint density at radius 3 is 2.53 bits per heavy atom. The molecule has 0 amide bonds. The van der Waals surface area contributed by atoms with Crippen LogP contribution in [0, 0.1) is 6.92 Å². The standard InChI is InChI=1S/C25H26F3N5O3/c1-17-13-23(24-30-33(16-35-24)19-5-7-22(8-6-19)36-25(26,27)28)29-32(17)15-18-3-2-4-20(14-18)31-11-9-21(34)10-12-31/h2-8,13-14,21,34H,9-12,15-16H2,1H3. The van der Waals surface area contributed by atoms with Crippen molar-refractivity contribution in [3.05, 3.63) is 71.5 Å². The number of piperidine rings is 1. The highest BCUT2D eigenvalue weighted by molar-refractivity contribution is 5.94. The molecule has 1 aromatic heterocycles. The number of hydrazone groups is 1. The van der Waals surface area contributed by atoms with Gasteiger partial charge >= 0.3 is 6.36 Å². The molecule has 0 radical (unpaired) electrons. The summed E-state index contributed by atoms with van der Waals surface area (Å²) in [6.45, 7) is 4.32. The Morgan fingerprint density at radius 2 is 1.81 bits per heavy atom. The average molecular weight is 502 g/mol. The number of alkyl halides is 3. The number of hydrogen-bond acceptors (Lipinski definition) is 7. The van der Waals surface area contributed by atoms with Gasteiger partial charge in [-0.15, -0.1) is 18.3 Å². The van der Waals surface area contributed by atoms with Crippen LogP contribution in [-0.2, 0) is 11.3 Å². The lowest BCUT2D eigenvalue weighted by molar-refractivity contribution is -0.274. The zero-order chi connectivity index (χ0) is 25.3. The first-order valence-electron chi connectivity index (χ1n) is 11.6. The van der Waals surface area contributed by atoms with E-state index in [0.717, 1.165) is 42.9 Å². The van der Waals surface area contributed by atoms with E-state index in [1.807, 2.05) is 23.7 Å². The van der Waals surface area contributed by atoms with Crippen LogP contribution in [0.15, 0.2) is 59.7 Å². The first-order valence-corrected chi connectivity index (χ1v) is 11.6. The molecule has 0 aliphatic carbocycles. The number of aliphatic hydroxyl groups excluding tert-OH is 1. The lowest BCUT2D eigenvalue weighted by Gasteiger charge is -2.31. The summed E-state index contributed by atoms with van der Waals surface area (Å²) in [4.78, 5) is 2.29. The minimum absolute atomic E-state index is 0.118. The predicted molar refractivity (Wildman–Crippen MR) is 128 cm³/mol. The van der Waals surface area contributed by atoms with Gasteiger partial charge in [0.05, 0.1) is 18.3 Å². The normalized spacial score (nSPS) is 16.8. The van der Waals surface area contributed by atoms with Gasteiger partial charge in [0.1, 0.15) is 11.4 Å². The van der Waals surface area contributed by atoms with Gasteiger partial charge in [-0.1, -0.05) is 12.1 Å². The summed E-state index contributed by atoms with van der Waals surface area (Å²) in [5.41, 5.74) is 4.32. The third-order valence-electron chi connectivity index (χ3n) is 6.18. The van der Waals surface area contributed by atoms with Gasteiger partial charge in [0.25, 0.3) is 5.90 Å². The maximum absolute atomic E-state index is 12.4. The van der Waals surface area contributed by atoms with E-state index >= 15 is 0 Å². The van der Waals surface area contributed by atoms with Crippen molar-refractivity contribution in [3.8, 4) is 5.75 Å². The fourth-order valence-corrected chi connectivity index (χ4v) is 4.29. The topological polar surface area (TPSA) is 75.4 Å². The minimum atomic E-state index is -4.74. The molecule has 36 heavy (non-hydrogen) atoms. The van der Waals surface area contributed by atoms with Gasteiger partial charge in [0, 0.05) is 24.5 Å². The highest BCUT2D eigenvalue weighted by Crippen LogP contribution is 2.27. The highest BCUT2D eigenvalue weighted by Gasteiger charge is 2.31. The Morgan fingerprint density at radius 1 is 1.06 bits per heavy atom. The van der Waals surface area contributed by atoms with Crippen molar-refractivity contribution in [1.82, 2.24) is 9.78 Å². The van der Waals surface area contributed by atoms with Crippen LogP contribution in [0.25, 0.3) is 0 Å². The van der Waals surface area contributed by atoms with Gasteiger partial charge in [0.15, 0.2) is 6.73 Å². The maximum Gasteiger partial charge on any atom is 0.573 e. The number of benzene rings is 2. The number of halogens is 3. The number of anilines is 2. The number of hydrogen-bond donors (Lipinski definition) is 1. The maximum atomic E-state index is 12.4. The minimum Gasteiger partial charge on any atom is -0.452 e. The molecular formula is C25H26F3N5O3. The SMILES string of the molecule is Cc1cc(C2=NN(c3ccc(OC(F)(F)F)cc3)CO2)nn1Cc1cccc(N2CCC(O)CC2)c1. The van der Waals surface area contributed by atoms with Crippen molar-refractivity contribution in [3.63, 3.8) is 0 Å². The highest BCUT2D eigenvalue weighted by atomic mass is 19.4. The summed E-state index contributed by atoms with van der Waals surface area (Å²) < 4.78 is 48.6. The second kappa shape index (κ2) is 9.73. The van der Waals surface area contributed by atoms with E-state index in [9.17, 15) is 18.3 Å². The number of aryl methyl sites for hydroxylation is 1. The summed E-state index contributed by atoms with van der Waals surface area (Å²) in [5, 5.41) is 20.4. The summed E-state index contributed by atoms with van der Waals surface area (Å²) in [6.07, 6.45) is -3.40. The van der Waals surface area contributed by atoms with Crippen molar-refractivity contribution >= 4 is 17.3 Å². The van der Waals surface area contributed by atoms with Crippen molar-refractivity contribution in [2.24, 2.45) is 5.10 Å². The molecule has 2 aliphatic rings. The molecule has 190 valence electrons. The van der Waals surface area contributed by atoms with E-state index in [1.165, 1.54) is 24.3 Å². The van der Waals surface area contributed by atoms with Crippen LogP contribution in [-0.4, -0.2) is 53.1 Å². The lowest BCUT2D eigenvalue weighted by Crippen LogP contribution is -2.35. The molecule has 0 unspecified atom stereocenters. The van der Waals surface area contributed by atoms with Crippen LogP contribution in [0.5, 0.6) is 5.75 Å². The summed E-state index contributed by atoms with van der Waals surface area (Å²) >= 11 is 0. The molecule has 0 saturated carbocycles. The monoisotopic (exact) mass is 501 g/mol. The Hall–Kier alpha value is -3.73. The molecular weight excluding hydrogens is 475 g/mol. The predicted octanol–water partition coefficient (Wildman–Crippen LogP) is 4.26. The first kappa shape index (κ1) is 24.0. The zero-order valence-electron chi connectivity index (χ0n) is 19.6. The van der Waals surface area contributed by atoms with Crippen molar-refractivity contribution in [2.45, 2.75) is 38.8 Å². The lowest BCUT2D eigenvalue weighted by atomic mass is 10.1. The Balaban J connectivity index is 1.27. The summed E-state index contributed by atoms with van der Waals surface area (Å²) in [5.74, 6) is 0.0416. The molecule has 3 aromatic rings. The van der Waals surface area contributed by atoms with Gasteiger partial charge in [-0.3, -0.25) is 4.68 Å². The molecule has 5 rings (SSSR count). The molecule has 1 fully saturated rings. The second-order valence-electron chi connectivity index (χ2n) is 8.84. The number of ether oxygens (including phenoxy) is 2. The zero-order valence-corrected chi connectivity index (χ0v) is 19.6. The van der Waals surface area contributed by atoms with Crippen LogP contribution >= 0.6 is 0 Å². The fraction of sp³-hybridized carbons (Fsp3) is 0.360. The van der Waals surface area contributed by atoms with Crippen molar-refractivity contribution in [2.75, 3.05) is 29.7 Å². The van der Waals surface area contributed by atoms with Crippen LogP contribution in [0.1, 0.15) is 29.8 Å². The van der Waals surface area contributed by atoms with Gasteiger partial charge in [-0.2, -0.15) is 5.10 Å².